The number of carbonyl (C=O) groups excluding carboxylic acids is 1. The standard InChI is InChI=1S/C24H29FN8O/c1-13(2)31(4)21-10-16-17(22(28-21)14(3)26)12-32(24(16)34)19-7-5-6-18(27-19)23-30-29-20-9-8-15(11-25)33(20)23/h5-7,10,13-15H,8-9,11-12,26H2,1-4H3/t14-,15-/m1/s1. The third-order valence-corrected chi connectivity index (χ3v) is 6.75. The maximum Gasteiger partial charge on any atom is 0.260 e. The van der Waals surface area contributed by atoms with Gasteiger partial charge in [0, 0.05) is 31.1 Å². The van der Waals surface area contributed by atoms with Gasteiger partial charge >= 0.3 is 0 Å². The summed E-state index contributed by atoms with van der Waals surface area (Å²) in [6, 6.07) is 6.89. The van der Waals surface area contributed by atoms with E-state index in [9.17, 15) is 9.18 Å². The van der Waals surface area contributed by atoms with Crippen LogP contribution in [0.5, 0.6) is 0 Å². The average Bonchev–Trinajstić information content (AvgIpc) is 3.51. The van der Waals surface area contributed by atoms with E-state index < -0.39 is 6.67 Å². The van der Waals surface area contributed by atoms with E-state index in [0.29, 0.717) is 53.8 Å². The van der Waals surface area contributed by atoms with Gasteiger partial charge in [-0.1, -0.05) is 6.07 Å². The molecule has 0 aromatic carbocycles. The number of anilines is 2. The van der Waals surface area contributed by atoms with Gasteiger partial charge in [0.1, 0.15) is 29.8 Å². The summed E-state index contributed by atoms with van der Waals surface area (Å²) >= 11 is 0. The lowest BCUT2D eigenvalue weighted by molar-refractivity contribution is 0.0996. The first-order valence-electron chi connectivity index (χ1n) is 11.6. The molecule has 0 fully saturated rings. The van der Waals surface area contributed by atoms with Gasteiger partial charge < -0.3 is 15.2 Å². The summed E-state index contributed by atoms with van der Waals surface area (Å²) in [6.07, 6.45) is 1.40. The van der Waals surface area contributed by atoms with Gasteiger partial charge in [-0.3, -0.25) is 9.69 Å². The molecule has 178 valence electrons. The van der Waals surface area contributed by atoms with Crippen molar-refractivity contribution in [1.82, 2.24) is 24.7 Å². The largest absolute Gasteiger partial charge is 0.357 e. The number of alkyl halides is 1. The van der Waals surface area contributed by atoms with Crippen molar-refractivity contribution in [1.29, 1.82) is 0 Å². The van der Waals surface area contributed by atoms with E-state index in [-0.39, 0.29) is 24.0 Å². The number of carbonyl (C=O) groups is 1. The van der Waals surface area contributed by atoms with Crippen LogP contribution in [0, 0.1) is 0 Å². The number of hydrogen-bond donors (Lipinski definition) is 1. The third-order valence-electron chi connectivity index (χ3n) is 6.75. The van der Waals surface area contributed by atoms with Crippen molar-refractivity contribution in [3.63, 3.8) is 0 Å². The van der Waals surface area contributed by atoms with Crippen LogP contribution in [0.2, 0.25) is 0 Å². The Morgan fingerprint density at radius 1 is 1.24 bits per heavy atom. The lowest BCUT2D eigenvalue weighted by Gasteiger charge is -2.24. The molecule has 2 aliphatic rings. The zero-order valence-corrected chi connectivity index (χ0v) is 19.9. The molecule has 34 heavy (non-hydrogen) atoms. The highest BCUT2D eigenvalue weighted by Crippen LogP contribution is 2.35. The summed E-state index contributed by atoms with van der Waals surface area (Å²) in [6.45, 7) is 5.88. The zero-order chi connectivity index (χ0) is 24.1. The van der Waals surface area contributed by atoms with E-state index in [1.807, 2.05) is 41.6 Å². The fraction of sp³-hybridized carbons (Fsp3) is 0.458. The predicted octanol–water partition coefficient (Wildman–Crippen LogP) is 3.22. The summed E-state index contributed by atoms with van der Waals surface area (Å²) in [7, 11) is 1.95. The van der Waals surface area contributed by atoms with Crippen molar-refractivity contribution in [3.8, 4) is 11.5 Å². The minimum atomic E-state index is -0.474. The van der Waals surface area contributed by atoms with E-state index in [1.165, 1.54) is 0 Å². The minimum absolute atomic E-state index is 0.143. The number of nitrogens with two attached hydrogens (primary N) is 1. The Bertz CT molecular complexity index is 1250. The van der Waals surface area contributed by atoms with Crippen LogP contribution in [-0.2, 0) is 13.0 Å². The Hall–Kier alpha value is -3.40. The number of fused-ring (bicyclic) bond motifs is 2. The van der Waals surface area contributed by atoms with Crippen molar-refractivity contribution in [3.05, 3.63) is 46.9 Å². The van der Waals surface area contributed by atoms with E-state index in [1.54, 1.807) is 11.0 Å². The first-order valence-corrected chi connectivity index (χ1v) is 11.6. The number of aromatic nitrogens is 5. The lowest BCUT2D eigenvalue weighted by atomic mass is 10.0. The van der Waals surface area contributed by atoms with Gasteiger partial charge in [0.15, 0.2) is 5.82 Å². The minimum Gasteiger partial charge on any atom is -0.357 e. The van der Waals surface area contributed by atoms with Crippen molar-refractivity contribution in [2.45, 2.75) is 58.3 Å². The number of rotatable bonds is 6. The van der Waals surface area contributed by atoms with Gasteiger partial charge in [-0.05, 0) is 45.4 Å². The summed E-state index contributed by atoms with van der Waals surface area (Å²) in [5.74, 6) is 2.37. The molecule has 3 aromatic rings. The van der Waals surface area contributed by atoms with Gasteiger partial charge in [-0.25, -0.2) is 14.4 Å². The molecule has 0 radical (unpaired) electrons. The van der Waals surface area contributed by atoms with Gasteiger partial charge in [-0.2, -0.15) is 0 Å². The number of halogens is 1. The van der Waals surface area contributed by atoms with Crippen LogP contribution in [0.4, 0.5) is 16.0 Å². The zero-order valence-electron chi connectivity index (χ0n) is 19.9. The molecule has 0 spiro atoms. The van der Waals surface area contributed by atoms with Gasteiger partial charge in [0.05, 0.1) is 23.8 Å². The monoisotopic (exact) mass is 464 g/mol. The van der Waals surface area contributed by atoms with Crippen LogP contribution in [0.25, 0.3) is 11.5 Å². The molecule has 9 nitrogen and oxygen atoms in total. The van der Waals surface area contributed by atoms with Crippen LogP contribution in [-0.4, -0.2) is 50.4 Å². The number of amides is 1. The van der Waals surface area contributed by atoms with E-state index in [0.717, 1.165) is 11.4 Å². The molecular formula is C24H29FN8O. The molecular weight excluding hydrogens is 435 g/mol. The normalized spacial score (nSPS) is 17.9. The average molecular weight is 465 g/mol. The Morgan fingerprint density at radius 2 is 2.03 bits per heavy atom. The summed E-state index contributed by atoms with van der Waals surface area (Å²) in [5, 5.41) is 8.48. The summed E-state index contributed by atoms with van der Waals surface area (Å²) in [4.78, 5) is 26.7. The smallest absolute Gasteiger partial charge is 0.260 e. The van der Waals surface area contributed by atoms with Gasteiger partial charge in [-0.15, -0.1) is 10.2 Å². The predicted molar refractivity (Wildman–Crippen MR) is 127 cm³/mol. The molecule has 0 bridgehead atoms. The summed E-state index contributed by atoms with van der Waals surface area (Å²) in [5.41, 5.74) is 8.95. The Kier molecular flexibility index (Phi) is 5.55. The van der Waals surface area contributed by atoms with Crippen molar-refractivity contribution in [2.75, 3.05) is 23.5 Å². The molecule has 0 saturated heterocycles. The lowest BCUT2D eigenvalue weighted by Crippen LogP contribution is -2.28. The molecule has 2 N–H and O–H groups in total. The first kappa shape index (κ1) is 22.4. The highest BCUT2D eigenvalue weighted by atomic mass is 19.1. The molecule has 1 amide bonds. The topological polar surface area (TPSA) is 106 Å². The highest BCUT2D eigenvalue weighted by molar-refractivity contribution is 6.10. The number of hydrogen-bond acceptors (Lipinski definition) is 7. The van der Waals surface area contributed by atoms with E-state index in [2.05, 4.69) is 24.0 Å². The third kappa shape index (κ3) is 3.53. The maximum atomic E-state index is 13.6. The van der Waals surface area contributed by atoms with E-state index >= 15 is 0 Å². The number of aryl methyl sites for hydroxylation is 1. The summed E-state index contributed by atoms with van der Waals surface area (Å²) < 4.78 is 15.4. The quantitative estimate of drug-likeness (QED) is 0.597. The number of nitrogens with zero attached hydrogens (tertiary/aromatic N) is 7. The SMILES string of the molecule is CC(C)N(C)c1cc2c(c([C@@H](C)N)n1)CN(c1cccc(-c3nnc4n3[C@@H](CF)CC4)n1)C2=O. The Labute approximate surface area is 197 Å². The van der Waals surface area contributed by atoms with Crippen LogP contribution in [0.15, 0.2) is 24.3 Å². The van der Waals surface area contributed by atoms with Crippen LogP contribution >= 0.6 is 0 Å². The van der Waals surface area contributed by atoms with Crippen LogP contribution in [0.1, 0.15) is 66.7 Å². The second-order valence-corrected chi connectivity index (χ2v) is 9.31. The van der Waals surface area contributed by atoms with Crippen molar-refractivity contribution < 1.29 is 9.18 Å². The fourth-order valence-corrected chi connectivity index (χ4v) is 4.64. The second kappa shape index (κ2) is 8.43. The maximum absolute atomic E-state index is 13.6. The van der Waals surface area contributed by atoms with Crippen molar-refractivity contribution >= 4 is 17.5 Å². The Morgan fingerprint density at radius 3 is 2.74 bits per heavy atom. The van der Waals surface area contributed by atoms with Gasteiger partial charge in [0.2, 0.25) is 0 Å². The fourth-order valence-electron chi connectivity index (χ4n) is 4.64. The second-order valence-electron chi connectivity index (χ2n) is 9.31. The molecule has 0 unspecified atom stereocenters. The molecule has 2 atom stereocenters. The first-order chi connectivity index (χ1) is 16.3. The van der Waals surface area contributed by atoms with Crippen LogP contribution in [0.3, 0.4) is 0 Å². The Balaban J connectivity index is 1.53. The molecule has 5 rings (SSSR count). The van der Waals surface area contributed by atoms with E-state index in [4.69, 9.17) is 15.7 Å². The molecule has 2 aliphatic heterocycles. The number of pyridine rings is 2. The van der Waals surface area contributed by atoms with Gasteiger partial charge in [0.25, 0.3) is 5.91 Å². The molecule has 10 heteroatoms. The van der Waals surface area contributed by atoms with Crippen molar-refractivity contribution in [2.24, 2.45) is 5.73 Å². The molecule has 0 aliphatic carbocycles. The molecule has 5 heterocycles. The van der Waals surface area contributed by atoms with Crippen LogP contribution < -0.4 is 15.5 Å². The molecule has 0 saturated carbocycles. The highest BCUT2D eigenvalue weighted by Gasteiger charge is 2.35. The molecule has 3 aromatic heterocycles.